The number of aromatic nitrogens is 20. The second kappa shape index (κ2) is 90.9. The van der Waals surface area contributed by atoms with Crippen molar-refractivity contribution in [2.24, 2.45) is 0 Å². The highest BCUT2D eigenvalue weighted by Crippen LogP contribution is 1.95. The van der Waals surface area contributed by atoms with E-state index in [1.807, 2.05) is 193 Å². The average molecular weight is 1170 g/mol. The fraction of sp³-hybridized carbons (Fsp3) is 0.566. The van der Waals surface area contributed by atoms with Crippen molar-refractivity contribution in [3.63, 3.8) is 0 Å². The summed E-state index contributed by atoms with van der Waals surface area (Å²) in [6.07, 6.45) is 17.1. The first kappa shape index (κ1) is 94.8. The molecule has 10 aromatic heterocycles. The van der Waals surface area contributed by atoms with Crippen molar-refractivity contribution in [3.05, 3.63) is 137 Å². The van der Waals surface area contributed by atoms with Gasteiger partial charge in [0.25, 0.3) is 0 Å². The summed E-state index contributed by atoms with van der Waals surface area (Å²) in [5.41, 5.74) is 3.71. The summed E-state index contributed by atoms with van der Waals surface area (Å²) in [5.74, 6) is 4.64. The first-order valence-electron chi connectivity index (χ1n) is 26.9. The van der Waals surface area contributed by atoms with E-state index < -0.39 is 0 Å². The molecule has 10 aromatic rings. The van der Waals surface area contributed by atoms with Crippen LogP contribution >= 0.6 is 22.9 Å². The molecule has 0 bridgehead atoms. The van der Waals surface area contributed by atoms with Gasteiger partial charge in [-0.2, -0.15) is 19.6 Å². The van der Waals surface area contributed by atoms with Gasteiger partial charge in [0.1, 0.15) is 63.9 Å². The van der Waals surface area contributed by atoms with Gasteiger partial charge in [-0.25, -0.2) is 19.9 Å². The number of rotatable bonds is 0. The normalized spacial score (nSPS) is 7.38. The Balaban J connectivity index is -0.0000000822. The third-order valence-corrected chi connectivity index (χ3v) is 6.38. The van der Waals surface area contributed by atoms with Crippen molar-refractivity contribution >= 4 is 22.9 Å². The maximum Gasteiger partial charge on any atom is 0.223 e. The number of nitrogens with one attached hydrogen (secondary N) is 3. The Morgan fingerprint density at radius 3 is 1.16 bits per heavy atom. The van der Waals surface area contributed by atoms with Crippen LogP contribution in [-0.4, -0.2) is 101 Å². The van der Waals surface area contributed by atoms with Gasteiger partial charge in [-0.05, 0) is 78.6 Å². The molecule has 0 amide bonds. The first-order valence-corrected chi connectivity index (χ1v) is 28.6. The Labute approximate surface area is 488 Å². The van der Waals surface area contributed by atoms with Crippen LogP contribution in [0, 0.1) is 69.2 Å². The topological polar surface area (TPSA) is 332 Å². The van der Waals surface area contributed by atoms with E-state index in [9.17, 15) is 0 Å². The molecule has 10 heterocycles. The predicted molar refractivity (Wildman–Crippen MR) is 328 cm³/mol. The monoisotopic (exact) mass is 1170 g/mol. The largest absolute Gasteiger partial charge is 0.472 e. The summed E-state index contributed by atoms with van der Waals surface area (Å²) in [6.45, 7) is 58.6. The Morgan fingerprint density at radius 2 is 1.05 bits per heavy atom. The van der Waals surface area contributed by atoms with E-state index in [2.05, 4.69) is 119 Å². The van der Waals surface area contributed by atoms with Crippen LogP contribution in [-0.2, 0) is 0 Å². The minimum absolute atomic E-state index is 0.606. The number of nitrogens with zero attached hydrogens (tertiary/aromatic N) is 17. The van der Waals surface area contributed by atoms with E-state index in [4.69, 9.17) is 4.42 Å². The lowest BCUT2D eigenvalue weighted by Crippen LogP contribution is -1.68. The summed E-state index contributed by atoms with van der Waals surface area (Å²) in [4.78, 5) is 21.7. The predicted octanol–water partition coefficient (Wildman–Crippen LogP) is 16.0. The molecule has 0 aliphatic heterocycles. The standard InChI is InChI=1S/C5H6O.C4H6N2.2C3H5N3.4C3H4N2O.2C3H4N2S.10C2H6/c1-5-2-3-6-4-5;1-4-5-2-3-6-4;2*1-3-4-2-5-6-3;1-3-5-4-2-6-3;1-3-4-2-5-6-3;1-3-2-6-5-4-3;1-3-2-4-5-6-3;1-3-5-4-2-6-3;1-3-4-2-5-6-3;10*1-2/h2-4H,1H3;2-3H,1H3,(H,5,6);2*2H,1H3,(H,4,5,6);6*2H,1H3;10*1-2H3. The molecule has 0 aliphatic rings. The molecule has 0 aromatic carbocycles. The van der Waals surface area contributed by atoms with Crippen LogP contribution in [0.4, 0.5) is 0 Å². The van der Waals surface area contributed by atoms with Crippen LogP contribution in [0.15, 0.2) is 103 Å². The van der Waals surface area contributed by atoms with E-state index in [0.29, 0.717) is 11.8 Å². The average Bonchev–Trinajstić information content (AvgIpc) is 4.32. The molecule has 0 aliphatic carbocycles. The van der Waals surface area contributed by atoms with Gasteiger partial charge in [0.05, 0.1) is 18.7 Å². The molecular weight excluding hydrogens is 1060 g/mol. The van der Waals surface area contributed by atoms with Gasteiger partial charge in [-0.1, -0.05) is 144 Å². The highest BCUT2D eigenvalue weighted by Gasteiger charge is 1.83. The number of aryl methyl sites for hydroxylation is 10. The van der Waals surface area contributed by atoms with Crippen LogP contribution in [0.25, 0.3) is 0 Å². The zero-order chi connectivity index (χ0) is 64.1. The number of aromatic amines is 3. The molecule has 80 heavy (non-hydrogen) atoms. The Bertz CT molecular complexity index is 1670. The smallest absolute Gasteiger partial charge is 0.223 e. The second-order valence-electron chi connectivity index (χ2n) is 10.5. The molecule has 0 saturated carbocycles. The van der Waals surface area contributed by atoms with Crippen molar-refractivity contribution in [3.8, 4) is 0 Å². The third-order valence-electron chi connectivity index (χ3n) is 5.19. The minimum atomic E-state index is 0.606. The summed E-state index contributed by atoms with van der Waals surface area (Å²) >= 11 is 2.97. The van der Waals surface area contributed by atoms with E-state index in [1.54, 1.807) is 75.1 Å². The van der Waals surface area contributed by atoms with E-state index in [0.717, 1.165) is 38.9 Å². The Morgan fingerprint density at radius 1 is 0.487 bits per heavy atom. The number of furan rings is 1. The number of hydrogen-bond acceptors (Lipinski definition) is 24. The molecule has 0 unspecified atom stereocenters. The van der Waals surface area contributed by atoms with Gasteiger partial charge in [-0.3, -0.25) is 10.2 Å². The van der Waals surface area contributed by atoms with Gasteiger partial charge in [-0.15, -0.1) is 41.9 Å². The fourth-order valence-electron chi connectivity index (χ4n) is 2.55. The van der Waals surface area contributed by atoms with Crippen LogP contribution in [0.1, 0.15) is 195 Å². The zero-order valence-electron chi connectivity index (χ0n) is 54.5. The van der Waals surface area contributed by atoms with Crippen molar-refractivity contribution in [2.75, 3.05) is 0 Å². The van der Waals surface area contributed by atoms with Crippen LogP contribution in [0.2, 0.25) is 0 Å². The number of H-pyrrole nitrogens is 3. The molecule has 3 N–H and O–H groups in total. The zero-order valence-corrected chi connectivity index (χ0v) is 56.1. The van der Waals surface area contributed by atoms with Gasteiger partial charge in [0.2, 0.25) is 18.2 Å². The van der Waals surface area contributed by atoms with E-state index in [-0.39, 0.29) is 0 Å². The molecular formula is C53H106N20O5S2. The second-order valence-corrected chi connectivity index (χ2v) is 12.5. The molecule has 0 spiro atoms. The minimum Gasteiger partial charge on any atom is -0.472 e. The van der Waals surface area contributed by atoms with Crippen molar-refractivity contribution in [1.29, 1.82) is 0 Å². The van der Waals surface area contributed by atoms with Gasteiger partial charge >= 0.3 is 0 Å². The molecule has 27 heteroatoms. The lowest BCUT2D eigenvalue weighted by atomic mass is 10.4. The van der Waals surface area contributed by atoms with Gasteiger partial charge in [0, 0.05) is 36.8 Å². The highest BCUT2D eigenvalue weighted by atomic mass is 32.1. The summed E-state index contributed by atoms with van der Waals surface area (Å²) in [5, 5.41) is 45.3. The quantitative estimate of drug-likeness (QED) is 0.127. The molecule has 0 radical (unpaired) electrons. The van der Waals surface area contributed by atoms with Crippen LogP contribution < -0.4 is 0 Å². The summed E-state index contributed by atoms with van der Waals surface area (Å²) in [6, 6.07) is 1.92. The Kier molecular flexibility index (Phi) is 108. The van der Waals surface area contributed by atoms with Gasteiger partial charge < -0.3 is 27.4 Å². The summed E-state index contributed by atoms with van der Waals surface area (Å²) in [7, 11) is 0. The molecule has 0 fully saturated rings. The van der Waals surface area contributed by atoms with Crippen molar-refractivity contribution in [1.82, 2.24) is 101 Å². The molecule has 10 rings (SSSR count). The lowest BCUT2D eigenvalue weighted by molar-refractivity contribution is 0.374. The summed E-state index contributed by atoms with van der Waals surface area (Å²) < 4.78 is 26.4. The first-order chi connectivity index (χ1) is 38.9. The SMILES string of the molecule is CC.CC.CC.CC.CC.CC.CC.CC.CC.CC.Cc1ccoc1.Cc1cnno1.Cc1conn1.Cc1ncc[nH]1.Cc1ncn[nH]1.Cc1ncn[nH]1.Cc1ncno1.Cc1ncns1.Cc1nnco1.Cc1nncs1. The van der Waals surface area contributed by atoms with Crippen molar-refractivity contribution in [2.45, 2.75) is 208 Å². The number of imidazole rings is 1. The molecule has 25 nitrogen and oxygen atoms in total. The maximum absolute atomic E-state index is 4.71. The van der Waals surface area contributed by atoms with E-state index >= 15 is 0 Å². The maximum atomic E-state index is 4.71. The third kappa shape index (κ3) is 87.1. The number of hydrogen-bond donors (Lipinski definition) is 3. The lowest BCUT2D eigenvalue weighted by Gasteiger charge is -1.68. The van der Waals surface area contributed by atoms with E-state index in [1.165, 1.54) is 48.7 Å². The fourth-order valence-corrected chi connectivity index (χ4v) is 3.23. The Hall–Kier alpha value is -7.55. The molecule has 0 atom stereocenters. The van der Waals surface area contributed by atoms with Gasteiger partial charge in [0.15, 0.2) is 12.1 Å². The van der Waals surface area contributed by atoms with Crippen LogP contribution in [0.5, 0.6) is 0 Å². The molecule has 460 valence electrons. The van der Waals surface area contributed by atoms with Crippen LogP contribution in [0.3, 0.4) is 0 Å². The van der Waals surface area contributed by atoms with Crippen molar-refractivity contribution < 1.29 is 22.4 Å². The highest BCUT2D eigenvalue weighted by molar-refractivity contribution is 7.09. The molecule has 0 saturated heterocycles.